The molecule has 3 aliphatic heterocycles. The van der Waals surface area contributed by atoms with Crippen LogP contribution in [0.25, 0.3) is 0 Å². The van der Waals surface area contributed by atoms with Crippen molar-refractivity contribution in [3.63, 3.8) is 0 Å². The minimum Gasteiger partial charge on any atom is -0.394 e. The van der Waals surface area contributed by atoms with Gasteiger partial charge in [-0.2, -0.15) is 0 Å². The maximum atomic E-state index is 13.4. The van der Waals surface area contributed by atoms with E-state index in [-0.39, 0.29) is 18.9 Å². The van der Waals surface area contributed by atoms with E-state index in [1.807, 2.05) is 6.08 Å². The lowest BCUT2D eigenvalue weighted by Crippen LogP contribution is -2.66. The first kappa shape index (κ1) is 81.8. The molecule has 0 aromatic heterocycles. The van der Waals surface area contributed by atoms with Crippen molar-refractivity contribution in [1.82, 2.24) is 5.32 Å². The molecule has 12 N–H and O–H groups in total. The Balaban J connectivity index is 1.38. The Kier molecular flexibility index (Phi) is 48.5. The zero-order valence-corrected chi connectivity index (χ0v) is 55.7. The fourth-order valence-corrected chi connectivity index (χ4v) is 12.7. The van der Waals surface area contributed by atoms with Crippen molar-refractivity contribution in [1.29, 1.82) is 0 Å². The zero-order chi connectivity index (χ0) is 64.7. The number of carbonyl (C=O) groups excluding carboxylic acids is 1. The number of rotatable bonds is 57. The smallest absolute Gasteiger partial charge is 0.220 e. The SMILES string of the molecule is CCCCCCCCCCCCCCC/C=C/C(O)C(COC1OC(CO)C(OC2OC(CO)C(OC3OC(CO)C(O)C(O)C3O)C(O)C2O)C(O)C1O)NC(=O)CCCCCCCCCCCCCCCCCCCCCCCCCCCCCCC. The summed E-state index contributed by atoms with van der Waals surface area (Å²) in [5, 5.41) is 120. The van der Waals surface area contributed by atoms with Crippen LogP contribution in [0, 0.1) is 0 Å². The molecule has 19 heteroatoms. The molecule has 0 aromatic carbocycles. The van der Waals surface area contributed by atoms with Crippen LogP contribution < -0.4 is 5.32 Å². The molecule has 3 fully saturated rings. The Morgan fingerprint density at radius 2 is 0.697 bits per heavy atom. The molecule has 0 aliphatic carbocycles. The Hall–Kier alpha value is -1.47. The number of carbonyl (C=O) groups is 1. The van der Waals surface area contributed by atoms with Crippen molar-refractivity contribution in [3.05, 3.63) is 12.2 Å². The van der Waals surface area contributed by atoms with E-state index in [1.165, 1.54) is 225 Å². The number of hydrogen-bond acceptors (Lipinski definition) is 18. The lowest BCUT2D eigenvalue weighted by Gasteiger charge is -2.48. The van der Waals surface area contributed by atoms with Gasteiger partial charge in [-0.05, 0) is 19.3 Å². The third-order valence-corrected chi connectivity index (χ3v) is 18.6. The fourth-order valence-electron chi connectivity index (χ4n) is 12.7. The van der Waals surface area contributed by atoms with Crippen LogP contribution in [0.3, 0.4) is 0 Å². The van der Waals surface area contributed by atoms with E-state index in [0.29, 0.717) is 6.42 Å². The van der Waals surface area contributed by atoms with Crippen molar-refractivity contribution in [3.8, 4) is 0 Å². The van der Waals surface area contributed by atoms with Gasteiger partial charge >= 0.3 is 0 Å². The van der Waals surface area contributed by atoms with Crippen LogP contribution in [0.5, 0.6) is 0 Å². The highest BCUT2D eigenvalue weighted by Crippen LogP contribution is 2.33. The first-order valence-corrected chi connectivity index (χ1v) is 36.4. The highest BCUT2D eigenvalue weighted by Gasteiger charge is 2.53. The molecule has 0 radical (unpaired) electrons. The summed E-state index contributed by atoms with van der Waals surface area (Å²) in [5.74, 6) is -0.269. The van der Waals surface area contributed by atoms with Gasteiger partial charge in [0.25, 0.3) is 0 Å². The average molecular weight is 1280 g/mol. The monoisotopic (exact) mass is 1280 g/mol. The van der Waals surface area contributed by atoms with Crippen LogP contribution in [0.4, 0.5) is 0 Å². The third-order valence-electron chi connectivity index (χ3n) is 18.6. The van der Waals surface area contributed by atoms with Crippen molar-refractivity contribution >= 4 is 5.91 Å². The van der Waals surface area contributed by atoms with E-state index in [4.69, 9.17) is 28.4 Å². The lowest BCUT2D eigenvalue weighted by molar-refractivity contribution is -0.379. The summed E-state index contributed by atoms with van der Waals surface area (Å²) < 4.78 is 34.4. The normalized spacial score (nSPS) is 28.2. The molecule has 1 amide bonds. The molecule has 3 aliphatic rings. The Labute approximate surface area is 537 Å². The minimum absolute atomic E-state index is 0.250. The number of ether oxygens (including phenoxy) is 6. The Bertz CT molecular complexity index is 1670. The van der Waals surface area contributed by atoms with E-state index in [9.17, 15) is 61.0 Å². The molecule has 3 rings (SSSR count). The second-order valence-corrected chi connectivity index (χ2v) is 26.4. The van der Waals surface area contributed by atoms with E-state index < -0.39 is 124 Å². The number of aliphatic hydroxyl groups is 11. The third kappa shape index (κ3) is 34.7. The molecule has 0 bridgehead atoms. The Morgan fingerprint density at radius 1 is 0.393 bits per heavy atom. The molecule has 19 nitrogen and oxygen atoms in total. The summed E-state index contributed by atoms with van der Waals surface area (Å²) in [6, 6.07) is -0.968. The molecule has 0 aromatic rings. The number of aliphatic hydroxyl groups excluding tert-OH is 11. The molecular formula is C70H133NO18. The van der Waals surface area contributed by atoms with Crippen LogP contribution in [-0.4, -0.2) is 193 Å². The van der Waals surface area contributed by atoms with Gasteiger partial charge in [0.2, 0.25) is 5.91 Å². The van der Waals surface area contributed by atoms with Gasteiger partial charge in [-0.1, -0.05) is 283 Å². The van der Waals surface area contributed by atoms with E-state index in [2.05, 4.69) is 19.2 Å². The zero-order valence-electron chi connectivity index (χ0n) is 55.7. The standard InChI is InChI=1S/C70H133NO18/c1-3-5-7-9-11-13-15-17-19-20-21-22-23-24-25-26-27-28-29-30-31-32-34-36-38-40-42-44-46-48-58(76)71-53(54(75)47-45-43-41-39-37-35-33-18-16-14-12-10-8-6-4-2)52-84-68-64(82)61(79)66(56(50-73)86-68)89-70-65(83)62(80)67(57(51-74)87-70)88-69-63(81)60(78)59(77)55(49-72)85-69/h45,47,53-57,59-70,72-75,77-83H,3-44,46,48-52H2,1-2H3,(H,71,76)/b47-45+. The van der Waals surface area contributed by atoms with Gasteiger partial charge in [0, 0.05) is 6.42 Å². The molecular weight excluding hydrogens is 1140 g/mol. The van der Waals surface area contributed by atoms with Crippen molar-refractivity contribution in [2.45, 2.75) is 401 Å². The van der Waals surface area contributed by atoms with Gasteiger partial charge in [0.1, 0.15) is 73.2 Å². The molecule has 3 saturated heterocycles. The van der Waals surface area contributed by atoms with Crippen LogP contribution >= 0.6 is 0 Å². The molecule has 17 atom stereocenters. The largest absolute Gasteiger partial charge is 0.394 e. The van der Waals surface area contributed by atoms with Gasteiger partial charge in [0.15, 0.2) is 18.9 Å². The summed E-state index contributed by atoms with van der Waals surface area (Å²) in [5.41, 5.74) is 0. The molecule has 89 heavy (non-hydrogen) atoms. The molecule has 0 spiro atoms. The van der Waals surface area contributed by atoms with E-state index in [0.717, 1.165) is 44.9 Å². The number of nitrogens with one attached hydrogen (secondary N) is 1. The van der Waals surface area contributed by atoms with E-state index >= 15 is 0 Å². The first-order chi connectivity index (χ1) is 43.3. The van der Waals surface area contributed by atoms with Crippen LogP contribution in [0.2, 0.25) is 0 Å². The van der Waals surface area contributed by atoms with Crippen LogP contribution in [0.1, 0.15) is 296 Å². The molecule has 0 saturated carbocycles. The maximum Gasteiger partial charge on any atom is 0.220 e. The van der Waals surface area contributed by atoms with Crippen molar-refractivity contribution < 1.29 is 89.4 Å². The van der Waals surface area contributed by atoms with Crippen molar-refractivity contribution in [2.75, 3.05) is 26.4 Å². The van der Waals surface area contributed by atoms with Crippen molar-refractivity contribution in [2.24, 2.45) is 0 Å². The predicted octanol–water partition coefficient (Wildman–Crippen LogP) is 10.1. The summed E-state index contributed by atoms with van der Waals surface area (Å²) >= 11 is 0. The highest BCUT2D eigenvalue weighted by molar-refractivity contribution is 5.76. The molecule has 526 valence electrons. The number of allylic oxidation sites excluding steroid dienone is 1. The number of amides is 1. The van der Waals surface area contributed by atoms with Gasteiger partial charge in [-0.15, -0.1) is 0 Å². The molecule has 17 unspecified atom stereocenters. The van der Waals surface area contributed by atoms with Gasteiger partial charge < -0.3 is 89.9 Å². The van der Waals surface area contributed by atoms with Crippen LogP contribution in [0.15, 0.2) is 12.2 Å². The minimum atomic E-state index is -1.98. The highest BCUT2D eigenvalue weighted by atomic mass is 16.8. The van der Waals surface area contributed by atoms with Gasteiger partial charge in [-0.3, -0.25) is 4.79 Å². The van der Waals surface area contributed by atoms with E-state index in [1.54, 1.807) is 6.08 Å². The predicted molar refractivity (Wildman–Crippen MR) is 347 cm³/mol. The second-order valence-electron chi connectivity index (χ2n) is 26.4. The summed E-state index contributed by atoms with van der Waals surface area (Å²) in [7, 11) is 0. The second kappa shape index (κ2) is 52.8. The average Bonchev–Trinajstić information content (AvgIpc) is 1.98. The number of unbranched alkanes of at least 4 members (excludes halogenated alkanes) is 41. The summed E-state index contributed by atoms with van der Waals surface area (Å²) in [6.07, 6.45) is 32.0. The quantitative estimate of drug-likeness (QED) is 0.0199. The van der Waals surface area contributed by atoms with Gasteiger partial charge in [0.05, 0.1) is 38.6 Å². The topological polar surface area (TPSA) is 307 Å². The summed E-state index contributed by atoms with van der Waals surface area (Å²) in [6.45, 7) is 1.77. The molecule has 3 heterocycles. The van der Waals surface area contributed by atoms with Crippen LogP contribution in [-0.2, 0) is 33.2 Å². The lowest BCUT2D eigenvalue weighted by atomic mass is 9.96. The first-order valence-electron chi connectivity index (χ1n) is 36.4. The Morgan fingerprint density at radius 3 is 1.06 bits per heavy atom. The summed E-state index contributed by atoms with van der Waals surface area (Å²) in [4.78, 5) is 13.4. The maximum absolute atomic E-state index is 13.4. The number of hydrogen-bond donors (Lipinski definition) is 12. The van der Waals surface area contributed by atoms with Gasteiger partial charge in [-0.25, -0.2) is 0 Å². The fraction of sp³-hybridized carbons (Fsp3) is 0.957.